The van der Waals surface area contributed by atoms with E-state index in [0.717, 1.165) is 36.6 Å². The molecule has 0 amide bonds. The Labute approximate surface area is 171 Å². The topological polar surface area (TPSA) is 97.8 Å². The standard InChI is InChI=1S/C10H11IN2O.C10H12N2O/c1-10(2,14)7-5-3-4-6-8(7)12-13-9(6)11;1-10(2,13)8-5-3-4-7-6-11-12-9(7)8/h3-5,14H,1-2H3,(H,12,13);3-6,13H,1-2H3,(H,11,12). The summed E-state index contributed by atoms with van der Waals surface area (Å²) in [5.41, 5.74) is 1.82. The molecule has 4 rings (SSSR count). The SMILES string of the molecule is CC(C)(O)c1cccc2c(I)[nH]nc12.CC(C)(O)c1cccc2cn[nH]c12. The number of para-hydroxylation sites is 2. The van der Waals surface area contributed by atoms with E-state index in [0.29, 0.717) is 0 Å². The van der Waals surface area contributed by atoms with Crippen molar-refractivity contribution in [3.8, 4) is 0 Å². The molecule has 0 unspecified atom stereocenters. The van der Waals surface area contributed by atoms with Gasteiger partial charge in [0.1, 0.15) is 3.70 Å². The van der Waals surface area contributed by atoms with Gasteiger partial charge < -0.3 is 10.2 Å². The number of hydrogen-bond acceptors (Lipinski definition) is 4. The average Bonchev–Trinajstić information content (AvgIpc) is 3.20. The van der Waals surface area contributed by atoms with Crippen molar-refractivity contribution in [2.75, 3.05) is 0 Å². The van der Waals surface area contributed by atoms with Crippen molar-refractivity contribution in [2.24, 2.45) is 0 Å². The predicted molar refractivity (Wildman–Crippen MR) is 115 cm³/mol. The zero-order valence-electron chi connectivity index (χ0n) is 15.7. The van der Waals surface area contributed by atoms with Gasteiger partial charge in [-0.05, 0) is 50.3 Å². The first-order valence-corrected chi connectivity index (χ1v) is 9.67. The first-order valence-electron chi connectivity index (χ1n) is 8.59. The highest BCUT2D eigenvalue weighted by Crippen LogP contribution is 2.28. The molecule has 2 heterocycles. The van der Waals surface area contributed by atoms with E-state index in [1.54, 1.807) is 33.9 Å². The Morgan fingerprint density at radius 2 is 1.52 bits per heavy atom. The lowest BCUT2D eigenvalue weighted by molar-refractivity contribution is 0.0794. The molecule has 4 N–H and O–H groups in total. The minimum Gasteiger partial charge on any atom is -0.386 e. The van der Waals surface area contributed by atoms with Crippen LogP contribution >= 0.6 is 22.6 Å². The van der Waals surface area contributed by atoms with Crippen LogP contribution in [-0.2, 0) is 11.2 Å². The number of benzene rings is 2. The van der Waals surface area contributed by atoms with E-state index in [9.17, 15) is 10.2 Å². The van der Waals surface area contributed by atoms with Gasteiger partial charge in [-0.15, -0.1) is 0 Å². The lowest BCUT2D eigenvalue weighted by Crippen LogP contribution is -2.15. The van der Waals surface area contributed by atoms with Gasteiger partial charge in [0.15, 0.2) is 0 Å². The highest BCUT2D eigenvalue weighted by molar-refractivity contribution is 14.1. The Balaban J connectivity index is 0.000000156. The second-order valence-electron chi connectivity index (χ2n) is 7.50. The molecule has 0 saturated carbocycles. The van der Waals surface area contributed by atoms with E-state index < -0.39 is 11.2 Å². The first kappa shape index (κ1) is 19.8. The summed E-state index contributed by atoms with van der Waals surface area (Å²) in [5.74, 6) is 0. The number of nitrogens with zero attached hydrogens (tertiary/aromatic N) is 2. The maximum absolute atomic E-state index is 9.94. The maximum Gasteiger partial charge on any atom is 0.104 e. The van der Waals surface area contributed by atoms with Crippen molar-refractivity contribution in [3.63, 3.8) is 0 Å². The predicted octanol–water partition coefficient (Wildman–Crippen LogP) is 4.19. The van der Waals surface area contributed by atoms with Crippen molar-refractivity contribution in [1.29, 1.82) is 0 Å². The number of nitrogens with one attached hydrogen (secondary N) is 2. The number of H-pyrrole nitrogens is 2. The van der Waals surface area contributed by atoms with Crippen LogP contribution in [0.1, 0.15) is 38.8 Å². The van der Waals surface area contributed by atoms with Crippen LogP contribution in [0.4, 0.5) is 0 Å². The smallest absolute Gasteiger partial charge is 0.104 e. The molecule has 0 aliphatic heterocycles. The summed E-state index contributed by atoms with van der Waals surface area (Å²) < 4.78 is 1.00. The van der Waals surface area contributed by atoms with E-state index >= 15 is 0 Å². The first-order chi connectivity index (χ1) is 12.6. The molecule has 0 aliphatic carbocycles. The molecule has 0 spiro atoms. The van der Waals surface area contributed by atoms with Crippen molar-refractivity contribution >= 4 is 44.4 Å². The van der Waals surface area contributed by atoms with Gasteiger partial charge in [-0.1, -0.05) is 36.4 Å². The van der Waals surface area contributed by atoms with Crippen molar-refractivity contribution in [2.45, 2.75) is 38.9 Å². The van der Waals surface area contributed by atoms with Crippen LogP contribution in [0.25, 0.3) is 21.8 Å². The van der Waals surface area contributed by atoms with Crippen molar-refractivity contribution in [3.05, 3.63) is 57.4 Å². The molecule has 6 nitrogen and oxygen atoms in total. The summed E-state index contributed by atoms with van der Waals surface area (Å²) in [6.45, 7) is 7.07. The van der Waals surface area contributed by atoms with Gasteiger partial charge in [-0.25, -0.2) is 0 Å². The largest absolute Gasteiger partial charge is 0.386 e. The molecule has 142 valence electrons. The molecule has 2 aromatic carbocycles. The van der Waals surface area contributed by atoms with Crippen molar-refractivity contribution in [1.82, 2.24) is 20.4 Å². The van der Waals surface area contributed by atoms with E-state index in [4.69, 9.17) is 0 Å². The van der Waals surface area contributed by atoms with Gasteiger partial charge >= 0.3 is 0 Å². The third kappa shape index (κ3) is 4.15. The Morgan fingerprint density at radius 3 is 2.19 bits per heavy atom. The molecule has 0 radical (unpaired) electrons. The van der Waals surface area contributed by atoms with Crippen LogP contribution in [-0.4, -0.2) is 30.6 Å². The molecule has 27 heavy (non-hydrogen) atoms. The molecule has 0 fully saturated rings. The molecule has 4 aromatic rings. The van der Waals surface area contributed by atoms with Crippen LogP contribution in [0.2, 0.25) is 0 Å². The Hall–Kier alpha value is -1.97. The van der Waals surface area contributed by atoms with E-state index in [2.05, 4.69) is 43.0 Å². The minimum absolute atomic E-state index is 0.827. The number of aliphatic hydroxyl groups is 2. The van der Waals surface area contributed by atoms with Gasteiger partial charge in [-0.2, -0.15) is 10.2 Å². The van der Waals surface area contributed by atoms with Crippen LogP contribution in [0, 0.1) is 3.70 Å². The number of aromatic nitrogens is 4. The fraction of sp³-hybridized carbons (Fsp3) is 0.300. The summed E-state index contributed by atoms with van der Waals surface area (Å²) in [6, 6.07) is 11.6. The number of fused-ring (bicyclic) bond motifs is 2. The fourth-order valence-corrected chi connectivity index (χ4v) is 3.53. The summed E-state index contributed by atoms with van der Waals surface area (Å²) >= 11 is 2.20. The highest BCUT2D eigenvalue weighted by atomic mass is 127. The summed E-state index contributed by atoms with van der Waals surface area (Å²) in [5, 5.41) is 35.8. The van der Waals surface area contributed by atoms with E-state index in [1.807, 2.05) is 36.4 Å². The Bertz CT molecular complexity index is 1070. The number of hydrogen-bond donors (Lipinski definition) is 4. The monoisotopic (exact) mass is 478 g/mol. The Morgan fingerprint density at radius 1 is 0.889 bits per heavy atom. The third-order valence-corrected chi connectivity index (χ3v) is 5.16. The van der Waals surface area contributed by atoms with Gasteiger partial charge in [0.25, 0.3) is 0 Å². The lowest BCUT2D eigenvalue weighted by Gasteiger charge is -2.18. The van der Waals surface area contributed by atoms with Gasteiger partial charge in [0, 0.05) is 21.9 Å². The number of rotatable bonds is 2. The molecular weight excluding hydrogens is 455 g/mol. The van der Waals surface area contributed by atoms with Crippen molar-refractivity contribution < 1.29 is 10.2 Å². The average molecular weight is 478 g/mol. The van der Waals surface area contributed by atoms with Gasteiger partial charge in [-0.3, -0.25) is 10.2 Å². The molecule has 0 bridgehead atoms. The fourth-order valence-electron chi connectivity index (χ4n) is 2.98. The highest BCUT2D eigenvalue weighted by Gasteiger charge is 2.21. The maximum atomic E-state index is 9.94. The van der Waals surface area contributed by atoms with E-state index in [-0.39, 0.29) is 0 Å². The minimum atomic E-state index is -0.849. The van der Waals surface area contributed by atoms with Gasteiger partial charge in [0.05, 0.1) is 28.4 Å². The second kappa shape index (κ2) is 7.21. The van der Waals surface area contributed by atoms with E-state index in [1.165, 1.54) is 0 Å². The number of aromatic amines is 2. The molecular formula is C20H23IN4O2. The third-order valence-electron chi connectivity index (χ3n) is 4.33. The number of halogens is 1. The molecule has 0 atom stereocenters. The summed E-state index contributed by atoms with van der Waals surface area (Å²) in [4.78, 5) is 0. The zero-order chi connectivity index (χ0) is 19.8. The summed E-state index contributed by atoms with van der Waals surface area (Å²) in [6.07, 6.45) is 1.75. The van der Waals surface area contributed by atoms with Crippen LogP contribution in [0.3, 0.4) is 0 Å². The lowest BCUT2D eigenvalue weighted by atomic mass is 9.96. The van der Waals surface area contributed by atoms with Crippen LogP contribution in [0.5, 0.6) is 0 Å². The summed E-state index contributed by atoms with van der Waals surface area (Å²) in [7, 11) is 0. The quantitative estimate of drug-likeness (QED) is 0.325. The zero-order valence-corrected chi connectivity index (χ0v) is 17.9. The Kier molecular flexibility index (Phi) is 5.29. The molecule has 0 saturated heterocycles. The van der Waals surface area contributed by atoms with Crippen LogP contribution in [0.15, 0.2) is 42.6 Å². The second-order valence-corrected chi connectivity index (χ2v) is 8.58. The normalized spacial score (nSPS) is 12.3. The van der Waals surface area contributed by atoms with Gasteiger partial charge in [0.2, 0.25) is 0 Å². The molecule has 0 aliphatic rings. The van der Waals surface area contributed by atoms with Crippen LogP contribution < -0.4 is 0 Å². The molecule has 7 heteroatoms. The molecule has 2 aromatic heterocycles.